The number of halogens is 1. The topological polar surface area (TPSA) is 51.0 Å². The average molecular weight is 471 g/mol. The van der Waals surface area contributed by atoms with Crippen LogP contribution in [0.4, 0.5) is 0 Å². The lowest BCUT2D eigenvalue weighted by atomic mass is 10.1. The Morgan fingerprint density at radius 1 is 1.07 bits per heavy atom. The number of carbonyl (C=O) groups excluding carboxylic acids is 1. The molecule has 0 bridgehead atoms. The van der Waals surface area contributed by atoms with Gasteiger partial charge in [0.05, 0.1) is 11.8 Å². The van der Waals surface area contributed by atoms with Crippen LogP contribution in [-0.2, 0) is 6.54 Å². The molecule has 0 radical (unpaired) electrons. The fourth-order valence-corrected chi connectivity index (χ4v) is 4.74. The number of benzene rings is 2. The van der Waals surface area contributed by atoms with Crippen molar-refractivity contribution in [3.8, 4) is 5.69 Å². The molecule has 1 fully saturated rings. The smallest absolute Gasteiger partial charge is 0.196 e. The Hall–Kier alpha value is -1.96. The molecule has 1 aliphatic rings. The highest BCUT2D eigenvalue weighted by Crippen LogP contribution is 2.28. The van der Waals surface area contributed by atoms with Crippen molar-refractivity contribution in [3.63, 3.8) is 0 Å². The van der Waals surface area contributed by atoms with Crippen LogP contribution in [0.5, 0.6) is 0 Å². The van der Waals surface area contributed by atoms with E-state index in [-0.39, 0.29) is 11.0 Å². The van der Waals surface area contributed by atoms with Crippen LogP contribution in [0.1, 0.15) is 35.9 Å². The summed E-state index contributed by atoms with van der Waals surface area (Å²) in [5.74, 6) is 1.01. The number of para-hydroxylation sites is 1. The maximum absolute atomic E-state index is 12.9. The first-order chi connectivity index (χ1) is 14.1. The number of likely N-dealkylation sites (tertiary alicyclic amines) is 1. The maximum Gasteiger partial charge on any atom is 0.196 e. The molecule has 0 N–H and O–H groups in total. The molecule has 0 spiro atoms. The van der Waals surface area contributed by atoms with Crippen molar-refractivity contribution in [3.05, 3.63) is 70.5 Å². The molecule has 0 amide bonds. The summed E-state index contributed by atoms with van der Waals surface area (Å²) in [6, 6.07) is 17.6. The van der Waals surface area contributed by atoms with Crippen LogP contribution in [0.15, 0.2) is 64.2 Å². The van der Waals surface area contributed by atoms with Gasteiger partial charge in [-0.15, -0.1) is 10.2 Å². The minimum absolute atomic E-state index is 0.0891. The van der Waals surface area contributed by atoms with E-state index in [2.05, 4.69) is 47.7 Å². The lowest BCUT2D eigenvalue weighted by Crippen LogP contribution is -2.21. The molecule has 2 heterocycles. The molecule has 0 saturated carbocycles. The summed E-state index contributed by atoms with van der Waals surface area (Å²) in [4.78, 5) is 15.3. The SMILES string of the molecule is CC(Sc1nnc(CN2CCCC2)n1-c1ccccc1)C(=O)c1ccc(Br)cc1. The largest absolute Gasteiger partial charge is 0.296 e. The Kier molecular flexibility index (Phi) is 6.47. The number of nitrogens with zero attached hydrogens (tertiary/aromatic N) is 4. The van der Waals surface area contributed by atoms with Crippen LogP contribution >= 0.6 is 27.7 Å². The molecule has 0 aliphatic carbocycles. The molecule has 150 valence electrons. The second-order valence-corrected chi connectivity index (χ2v) is 9.41. The number of aromatic nitrogens is 3. The van der Waals surface area contributed by atoms with Crippen LogP contribution in [0.3, 0.4) is 0 Å². The van der Waals surface area contributed by atoms with E-state index in [1.54, 1.807) is 0 Å². The van der Waals surface area contributed by atoms with Crippen LogP contribution in [0.25, 0.3) is 5.69 Å². The second kappa shape index (κ2) is 9.24. The summed E-state index contributed by atoms with van der Waals surface area (Å²) in [6.45, 7) is 4.90. The van der Waals surface area contributed by atoms with E-state index in [4.69, 9.17) is 0 Å². The minimum Gasteiger partial charge on any atom is -0.296 e. The molecule has 1 aromatic heterocycles. The molecule has 1 unspecified atom stereocenters. The van der Waals surface area contributed by atoms with Gasteiger partial charge in [-0.3, -0.25) is 14.3 Å². The fraction of sp³-hybridized carbons (Fsp3) is 0.318. The van der Waals surface area contributed by atoms with E-state index in [9.17, 15) is 4.79 Å². The van der Waals surface area contributed by atoms with Crippen LogP contribution in [0.2, 0.25) is 0 Å². The normalized spacial score (nSPS) is 15.5. The predicted octanol–water partition coefficient (Wildman–Crippen LogP) is 4.99. The predicted molar refractivity (Wildman–Crippen MR) is 120 cm³/mol. The maximum atomic E-state index is 12.9. The molecule has 1 aliphatic heterocycles. The summed E-state index contributed by atoms with van der Waals surface area (Å²) in [7, 11) is 0. The van der Waals surface area contributed by atoms with E-state index in [0.29, 0.717) is 5.56 Å². The highest BCUT2D eigenvalue weighted by molar-refractivity contribution is 9.10. The third-order valence-electron chi connectivity index (χ3n) is 5.06. The van der Waals surface area contributed by atoms with Gasteiger partial charge >= 0.3 is 0 Å². The summed E-state index contributed by atoms with van der Waals surface area (Å²) >= 11 is 4.88. The molecule has 2 aromatic carbocycles. The first-order valence-electron chi connectivity index (χ1n) is 9.80. The second-order valence-electron chi connectivity index (χ2n) is 7.18. The first kappa shape index (κ1) is 20.3. The molecule has 4 rings (SSSR count). The standard InChI is InChI=1S/C22H23BrN4OS/c1-16(21(28)17-9-11-18(23)12-10-17)29-22-25-24-20(15-26-13-5-6-14-26)27(22)19-7-3-2-4-8-19/h2-4,7-12,16H,5-6,13-15H2,1H3. The van der Waals surface area contributed by atoms with Crippen molar-refractivity contribution in [1.29, 1.82) is 0 Å². The van der Waals surface area contributed by atoms with E-state index in [1.165, 1.54) is 24.6 Å². The highest BCUT2D eigenvalue weighted by atomic mass is 79.9. The van der Waals surface area contributed by atoms with Crippen molar-refractivity contribution in [2.75, 3.05) is 13.1 Å². The Balaban J connectivity index is 1.60. The van der Waals surface area contributed by atoms with Gasteiger partial charge in [-0.05, 0) is 57.1 Å². The lowest BCUT2D eigenvalue weighted by Gasteiger charge is -2.16. The molecular formula is C22H23BrN4OS. The van der Waals surface area contributed by atoms with E-state index < -0.39 is 0 Å². The van der Waals surface area contributed by atoms with Gasteiger partial charge in [-0.1, -0.05) is 58.0 Å². The fourth-order valence-electron chi connectivity index (χ4n) is 3.52. The van der Waals surface area contributed by atoms with Crippen LogP contribution in [0, 0.1) is 0 Å². The number of ketones is 1. The molecule has 29 heavy (non-hydrogen) atoms. The zero-order chi connectivity index (χ0) is 20.2. The first-order valence-corrected chi connectivity index (χ1v) is 11.5. The number of Topliss-reactive ketones (excluding diaryl/α,β-unsaturated/α-hetero) is 1. The van der Waals surface area contributed by atoms with Gasteiger partial charge in [0.25, 0.3) is 0 Å². The zero-order valence-electron chi connectivity index (χ0n) is 16.3. The Morgan fingerprint density at radius 2 is 1.76 bits per heavy atom. The van der Waals surface area contributed by atoms with Gasteiger partial charge in [0.1, 0.15) is 0 Å². The van der Waals surface area contributed by atoms with Gasteiger partial charge in [-0.2, -0.15) is 0 Å². The van der Waals surface area contributed by atoms with Gasteiger partial charge in [-0.25, -0.2) is 0 Å². The summed E-state index contributed by atoms with van der Waals surface area (Å²) in [5.41, 5.74) is 1.73. The molecule has 1 saturated heterocycles. The van der Waals surface area contributed by atoms with E-state index in [0.717, 1.165) is 40.8 Å². The average Bonchev–Trinajstić information content (AvgIpc) is 3.39. The van der Waals surface area contributed by atoms with Crippen LogP contribution < -0.4 is 0 Å². The minimum atomic E-state index is -0.262. The van der Waals surface area contributed by atoms with Gasteiger partial charge in [0.15, 0.2) is 16.8 Å². The van der Waals surface area contributed by atoms with Gasteiger partial charge in [0, 0.05) is 15.7 Å². The third-order valence-corrected chi connectivity index (χ3v) is 6.63. The Labute approximate surface area is 183 Å². The van der Waals surface area contributed by atoms with Gasteiger partial charge < -0.3 is 0 Å². The number of rotatable bonds is 7. The quantitative estimate of drug-likeness (QED) is 0.359. The number of carbonyl (C=O) groups is 1. The van der Waals surface area contributed by atoms with Crippen molar-refractivity contribution in [1.82, 2.24) is 19.7 Å². The molecule has 3 aromatic rings. The summed E-state index contributed by atoms with van der Waals surface area (Å²) < 4.78 is 3.05. The van der Waals surface area contributed by atoms with E-state index >= 15 is 0 Å². The summed E-state index contributed by atoms with van der Waals surface area (Å²) in [6.07, 6.45) is 2.47. The van der Waals surface area contributed by atoms with Gasteiger partial charge in [0.2, 0.25) is 0 Å². The highest BCUT2D eigenvalue weighted by Gasteiger charge is 2.23. The number of thioether (sulfide) groups is 1. The molecule has 1 atom stereocenters. The van der Waals surface area contributed by atoms with Crippen molar-refractivity contribution in [2.45, 2.75) is 36.7 Å². The molecule has 7 heteroatoms. The van der Waals surface area contributed by atoms with Crippen molar-refractivity contribution < 1.29 is 4.79 Å². The zero-order valence-corrected chi connectivity index (χ0v) is 18.7. The molecular weight excluding hydrogens is 448 g/mol. The third kappa shape index (κ3) is 4.79. The molecule has 5 nitrogen and oxygen atoms in total. The van der Waals surface area contributed by atoms with Crippen molar-refractivity contribution >= 4 is 33.5 Å². The van der Waals surface area contributed by atoms with Crippen molar-refractivity contribution in [2.24, 2.45) is 0 Å². The Morgan fingerprint density at radius 3 is 2.45 bits per heavy atom. The number of hydrogen-bond acceptors (Lipinski definition) is 5. The van der Waals surface area contributed by atoms with Crippen LogP contribution in [-0.4, -0.2) is 43.8 Å². The lowest BCUT2D eigenvalue weighted by molar-refractivity contribution is 0.0994. The summed E-state index contributed by atoms with van der Waals surface area (Å²) in [5, 5.41) is 9.43. The number of hydrogen-bond donors (Lipinski definition) is 0. The monoisotopic (exact) mass is 470 g/mol. The Bertz CT molecular complexity index is 968. The van der Waals surface area contributed by atoms with E-state index in [1.807, 2.05) is 49.4 Å².